The molecule has 142 valence electrons. The predicted molar refractivity (Wildman–Crippen MR) is 114 cm³/mol. The van der Waals surface area contributed by atoms with E-state index in [0.29, 0.717) is 0 Å². The quantitative estimate of drug-likeness (QED) is 0.549. The van der Waals surface area contributed by atoms with E-state index in [2.05, 4.69) is 44.0 Å². The summed E-state index contributed by atoms with van der Waals surface area (Å²) >= 11 is 0. The zero-order valence-electron chi connectivity index (χ0n) is 17.0. The second kappa shape index (κ2) is 8.51. The van der Waals surface area contributed by atoms with Crippen molar-refractivity contribution in [2.24, 2.45) is 7.05 Å². The molecule has 0 spiro atoms. The molecule has 0 bridgehead atoms. The Balaban J connectivity index is 2.40. The molecular formula is C24H30N2O. The van der Waals surface area contributed by atoms with Gasteiger partial charge in [0.15, 0.2) is 0 Å². The van der Waals surface area contributed by atoms with Gasteiger partial charge in [-0.25, -0.2) is 0 Å². The van der Waals surface area contributed by atoms with Crippen molar-refractivity contribution in [3.05, 3.63) is 63.6 Å². The Morgan fingerprint density at radius 3 is 2.33 bits per heavy atom. The van der Waals surface area contributed by atoms with Gasteiger partial charge in [-0.1, -0.05) is 44.9 Å². The van der Waals surface area contributed by atoms with Crippen molar-refractivity contribution in [1.29, 1.82) is 0 Å². The average Bonchev–Trinajstić information content (AvgIpc) is 2.69. The van der Waals surface area contributed by atoms with Gasteiger partial charge >= 0.3 is 0 Å². The Bertz CT molecular complexity index is 1000. The van der Waals surface area contributed by atoms with E-state index >= 15 is 0 Å². The lowest BCUT2D eigenvalue weighted by molar-refractivity contribution is 0.740. The van der Waals surface area contributed by atoms with Crippen LogP contribution >= 0.6 is 0 Å². The van der Waals surface area contributed by atoms with Crippen LogP contribution in [0.3, 0.4) is 0 Å². The van der Waals surface area contributed by atoms with Gasteiger partial charge in [0.1, 0.15) is 0 Å². The average molecular weight is 363 g/mol. The number of fused-ring (bicyclic) bond motifs is 1. The summed E-state index contributed by atoms with van der Waals surface area (Å²) in [7, 11) is 1.90. The molecule has 27 heavy (non-hydrogen) atoms. The maximum absolute atomic E-state index is 13.1. The van der Waals surface area contributed by atoms with Crippen molar-refractivity contribution in [3.8, 4) is 11.3 Å². The lowest BCUT2D eigenvalue weighted by Crippen LogP contribution is -2.24. The molecule has 0 aliphatic heterocycles. The van der Waals surface area contributed by atoms with E-state index in [1.165, 1.54) is 10.9 Å². The van der Waals surface area contributed by atoms with Crippen LogP contribution in [0.2, 0.25) is 0 Å². The molecule has 0 atom stereocenters. The van der Waals surface area contributed by atoms with E-state index in [4.69, 9.17) is 0 Å². The van der Waals surface area contributed by atoms with E-state index in [0.717, 1.165) is 66.4 Å². The molecule has 2 aromatic heterocycles. The van der Waals surface area contributed by atoms with Gasteiger partial charge in [0, 0.05) is 29.8 Å². The second-order valence-corrected chi connectivity index (χ2v) is 7.40. The standard InChI is InChI=1S/C24H30N2O/c1-5-7-12-18-19(13-8-6-2)24(27)26(4)21-15-9-14-20(22(18)21)23-17(3)11-10-16-25-23/h9-11,14-16H,5-8,12-13H2,1-4H3. The Hall–Kier alpha value is -2.42. The first kappa shape index (κ1) is 19.3. The molecule has 0 aliphatic carbocycles. The number of hydrogen-bond donors (Lipinski definition) is 0. The summed E-state index contributed by atoms with van der Waals surface area (Å²) in [5, 5.41) is 1.21. The minimum absolute atomic E-state index is 0.164. The van der Waals surface area contributed by atoms with E-state index < -0.39 is 0 Å². The maximum atomic E-state index is 13.1. The number of benzene rings is 1. The molecule has 3 nitrogen and oxygen atoms in total. The van der Waals surface area contributed by atoms with E-state index in [1.807, 2.05) is 29.9 Å². The van der Waals surface area contributed by atoms with Gasteiger partial charge in [-0.15, -0.1) is 0 Å². The van der Waals surface area contributed by atoms with Crippen molar-refractivity contribution in [1.82, 2.24) is 9.55 Å². The first-order valence-electron chi connectivity index (χ1n) is 10.2. The monoisotopic (exact) mass is 362 g/mol. The number of hydrogen-bond acceptors (Lipinski definition) is 2. The number of unbranched alkanes of at least 4 members (excludes halogenated alkanes) is 2. The second-order valence-electron chi connectivity index (χ2n) is 7.40. The first-order chi connectivity index (χ1) is 13.1. The summed E-state index contributed by atoms with van der Waals surface area (Å²) in [6, 6.07) is 10.3. The van der Waals surface area contributed by atoms with Crippen LogP contribution in [0.1, 0.15) is 56.2 Å². The highest BCUT2D eigenvalue weighted by atomic mass is 16.1. The fourth-order valence-corrected chi connectivity index (χ4v) is 3.93. The summed E-state index contributed by atoms with van der Waals surface area (Å²) in [5.74, 6) is 0. The fourth-order valence-electron chi connectivity index (χ4n) is 3.93. The molecule has 0 saturated heterocycles. The van der Waals surface area contributed by atoms with Gasteiger partial charge in [0.25, 0.3) is 5.56 Å². The minimum atomic E-state index is 0.164. The number of rotatable bonds is 7. The largest absolute Gasteiger partial charge is 0.311 e. The van der Waals surface area contributed by atoms with Gasteiger partial charge in [-0.05, 0) is 55.9 Å². The molecule has 0 N–H and O–H groups in total. The molecule has 0 radical (unpaired) electrons. The summed E-state index contributed by atoms with van der Waals surface area (Å²) in [6.07, 6.45) is 8.01. The molecule has 0 saturated carbocycles. The predicted octanol–water partition coefficient (Wildman–Crippen LogP) is 5.59. The fraction of sp³-hybridized carbons (Fsp3) is 0.417. The van der Waals surface area contributed by atoms with Crippen molar-refractivity contribution in [2.75, 3.05) is 0 Å². The topological polar surface area (TPSA) is 34.9 Å². The molecule has 3 heteroatoms. The molecule has 3 aromatic rings. The highest BCUT2D eigenvalue weighted by Crippen LogP contribution is 2.33. The number of aromatic nitrogens is 2. The molecule has 2 heterocycles. The van der Waals surface area contributed by atoms with E-state index in [9.17, 15) is 4.79 Å². The highest BCUT2D eigenvalue weighted by molar-refractivity contribution is 5.97. The molecule has 1 aromatic carbocycles. The molecule has 3 rings (SSSR count). The van der Waals surface area contributed by atoms with Crippen LogP contribution in [0, 0.1) is 6.92 Å². The van der Waals surface area contributed by atoms with Crippen LogP contribution in [-0.4, -0.2) is 9.55 Å². The smallest absolute Gasteiger partial charge is 0.254 e. The molecule has 0 unspecified atom stereocenters. The van der Waals surface area contributed by atoms with E-state index in [-0.39, 0.29) is 5.56 Å². The van der Waals surface area contributed by atoms with Crippen molar-refractivity contribution < 1.29 is 0 Å². The highest BCUT2D eigenvalue weighted by Gasteiger charge is 2.18. The Kier molecular flexibility index (Phi) is 6.10. The lowest BCUT2D eigenvalue weighted by Gasteiger charge is -2.19. The zero-order chi connectivity index (χ0) is 19.4. The molecule has 0 amide bonds. The third-order valence-electron chi connectivity index (χ3n) is 5.46. The van der Waals surface area contributed by atoms with Crippen LogP contribution in [0.15, 0.2) is 41.3 Å². The summed E-state index contributed by atoms with van der Waals surface area (Å²) < 4.78 is 1.83. The van der Waals surface area contributed by atoms with Crippen molar-refractivity contribution in [2.45, 2.75) is 59.3 Å². The molecule has 0 aliphatic rings. The Morgan fingerprint density at radius 1 is 0.963 bits per heavy atom. The summed E-state index contributed by atoms with van der Waals surface area (Å²) in [5.41, 5.74) is 6.73. The van der Waals surface area contributed by atoms with Crippen molar-refractivity contribution in [3.63, 3.8) is 0 Å². The van der Waals surface area contributed by atoms with Crippen LogP contribution < -0.4 is 5.56 Å². The van der Waals surface area contributed by atoms with Gasteiger partial charge in [-0.3, -0.25) is 9.78 Å². The Morgan fingerprint density at radius 2 is 1.67 bits per heavy atom. The Labute approximate surface area is 162 Å². The van der Waals surface area contributed by atoms with Gasteiger partial charge in [0.05, 0.1) is 11.2 Å². The normalized spacial score (nSPS) is 11.3. The number of nitrogens with zero attached hydrogens (tertiary/aromatic N) is 2. The maximum Gasteiger partial charge on any atom is 0.254 e. The molecular weight excluding hydrogens is 332 g/mol. The van der Waals surface area contributed by atoms with Gasteiger partial charge in [-0.2, -0.15) is 0 Å². The first-order valence-corrected chi connectivity index (χ1v) is 10.2. The van der Waals surface area contributed by atoms with Gasteiger partial charge in [0.2, 0.25) is 0 Å². The number of aryl methyl sites for hydroxylation is 3. The van der Waals surface area contributed by atoms with Crippen LogP contribution in [0.25, 0.3) is 22.2 Å². The zero-order valence-corrected chi connectivity index (χ0v) is 17.0. The van der Waals surface area contributed by atoms with Crippen molar-refractivity contribution >= 4 is 10.9 Å². The summed E-state index contributed by atoms with van der Waals surface area (Å²) in [6.45, 7) is 6.49. The molecule has 0 fully saturated rings. The van der Waals surface area contributed by atoms with Crippen LogP contribution in [-0.2, 0) is 19.9 Å². The van der Waals surface area contributed by atoms with E-state index in [1.54, 1.807) is 0 Å². The van der Waals surface area contributed by atoms with Crippen LogP contribution in [0.4, 0.5) is 0 Å². The lowest BCUT2D eigenvalue weighted by atomic mass is 9.90. The summed E-state index contributed by atoms with van der Waals surface area (Å²) in [4.78, 5) is 17.8. The SMILES string of the molecule is CCCCc1c(CCCC)c2c(-c3ncccc3C)cccc2n(C)c1=O. The third-order valence-corrected chi connectivity index (χ3v) is 5.46. The van der Waals surface area contributed by atoms with Gasteiger partial charge < -0.3 is 4.57 Å². The number of pyridine rings is 2. The minimum Gasteiger partial charge on any atom is -0.311 e. The van der Waals surface area contributed by atoms with Crippen LogP contribution in [0.5, 0.6) is 0 Å². The third kappa shape index (κ3) is 3.69.